The van der Waals surface area contributed by atoms with Gasteiger partial charge in [-0.25, -0.2) is 29.5 Å². The van der Waals surface area contributed by atoms with Gasteiger partial charge in [0.2, 0.25) is 0 Å². The summed E-state index contributed by atoms with van der Waals surface area (Å²) in [6, 6.07) is 13.6. The number of anilines is 3. The van der Waals surface area contributed by atoms with E-state index in [2.05, 4.69) is 55.1 Å². The first kappa shape index (κ1) is 22.8. The van der Waals surface area contributed by atoms with Gasteiger partial charge in [0, 0.05) is 22.5 Å². The maximum atomic E-state index is 12.5. The second-order valence-corrected chi connectivity index (χ2v) is 8.41. The number of pyridine rings is 4. The Morgan fingerprint density at radius 2 is 1.06 bits per heavy atom. The summed E-state index contributed by atoms with van der Waals surface area (Å²) in [6.07, 6.45) is 0. The fourth-order valence-corrected chi connectivity index (χ4v) is 3.22. The van der Waals surface area contributed by atoms with Crippen molar-refractivity contribution in [2.45, 2.75) is 39.7 Å². The number of nitrogens with one attached hydrogen (secondary N) is 4. The zero-order valence-corrected chi connectivity index (χ0v) is 19.4. The summed E-state index contributed by atoms with van der Waals surface area (Å²) in [5.74, 6) is 1.31. The van der Waals surface area contributed by atoms with Gasteiger partial charge >= 0.3 is 12.1 Å². The van der Waals surface area contributed by atoms with Crippen LogP contribution in [0.3, 0.4) is 0 Å². The first-order chi connectivity index (χ1) is 16.3. The molecule has 0 spiro atoms. The molecule has 0 saturated carbocycles. The molecule has 174 valence electrons. The molecule has 0 unspecified atom stereocenters. The third-order valence-corrected chi connectivity index (χ3v) is 4.86. The molecule has 4 N–H and O–H groups in total. The Morgan fingerprint density at radius 1 is 0.618 bits per heavy atom. The molecule has 0 atom stereocenters. The number of carbonyl (C=O) groups excluding carboxylic acids is 2. The summed E-state index contributed by atoms with van der Waals surface area (Å²) in [7, 11) is 0. The molecule has 0 aliphatic carbocycles. The van der Waals surface area contributed by atoms with Gasteiger partial charge in [0.25, 0.3) is 0 Å². The minimum Gasteiger partial charge on any atom is -0.336 e. The smallest absolute Gasteiger partial charge is 0.326 e. The lowest BCUT2D eigenvalue weighted by Crippen LogP contribution is -2.34. The molecule has 4 heterocycles. The monoisotopic (exact) mass is 458 g/mol. The van der Waals surface area contributed by atoms with E-state index in [-0.39, 0.29) is 18.0 Å². The fourth-order valence-electron chi connectivity index (χ4n) is 3.22. The van der Waals surface area contributed by atoms with Gasteiger partial charge in [0.15, 0.2) is 11.3 Å². The van der Waals surface area contributed by atoms with E-state index in [1.165, 1.54) is 0 Å². The van der Waals surface area contributed by atoms with Crippen LogP contribution in [0.25, 0.3) is 22.1 Å². The SMILES string of the molecule is CC(C)NC(=O)Nc1ccc2ccc(NC(=O)Nc3ccc4ccc(C(C)C)nc4n3)nc2n1. The summed E-state index contributed by atoms with van der Waals surface area (Å²) < 4.78 is 0. The van der Waals surface area contributed by atoms with Gasteiger partial charge in [-0.15, -0.1) is 0 Å². The lowest BCUT2D eigenvalue weighted by Gasteiger charge is -2.10. The van der Waals surface area contributed by atoms with Crippen LogP contribution in [0.2, 0.25) is 0 Å². The number of fused-ring (bicyclic) bond motifs is 2. The molecule has 0 fully saturated rings. The van der Waals surface area contributed by atoms with Crippen molar-refractivity contribution in [1.29, 1.82) is 0 Å². The quantitative estimate of drug-likeness (QED) is 0.337. The van der Waals surface area contributed by atoms with Crippen molar-refractivity contribution in [3.8, 4) is 0 Å². The van der Waals surface area contributed by atoms with Gasteiger partial charge in [-0.05, 0) is 68.3 Å². The third kappa shape index (κ3) is 5.52. The highest BCUT2D eigenvalue weighted by molar-refractivity contribution is 5.99. The van der Waals surface area contributed by atoms with Crippen molar-refractivity contribution in [3.05, 3.63) is 54.2 Å². The number of amides is 4. The largest absolute Gasteiger partial charge is 0.336 e. The minimum atomic E-state index is -0.496. The van der Waals surface area contributed by atoms with E-state index in [0.29, 0.717) is 28.7 Å². The van der Waals surface area contributed by atoms with Crippen LogP contribution in [-0.4, -0.2) is 38.0 Å². The van der Waals surface area contributed by atoms with Gasteiger partial charge in [-0.3, -0.25) is 16.0 Å². The number of nitrogens with zero attached hydrogens (tertiary/aromatic N) is 4. The molecule has 0 aliphatic rings. The number of hydrogen-bond donors (Lipinski definition) is 4. The van der Waals surface area contributed by atoms with Gasteiger partial charge in [-0.2, -0.15) is 0 Å². The number of aromatic nitrogens is 4. The number of hydrogen-bond acceptors (Lipinski definition) is 6. The van der Waals surface area contributed by atoms with Crippen molar-refractivity contribution >= 4 is 51.6 Å². The molecule has 4 rings (SSSR count). The van der Waals surface area contributed by atoms with E-state index in [0.717, 1.165) is 16.5 Å². The van der Waals surface area contributed by atoms with Crippen molar-refractivity contribution in [1.82, 2.24) is 25.3 Å². The number of rotatable bonds is 5. The lowest BCUT2D eigenvalue weighted by atomic mass is 10.1. The first-order valence-corrected chi connectivity index (χ1v) is 11.0. The average molecular weight is 459 g/mol. The van der Waals surface area contributed by atoms with Crippen LogP contribution >= 0.6 is 0 Å². The van der Waals surface area contributed by atoms with E-state index in [9.17, 15) is 9.59 Å². The van der Waals surface area contributed by atoms with E-state index in [4.69, 9.17) is 0 Å². The predicted octanol–water partition coefficient (Wildman–Crippen LogP) is 4.87. The lowest BCUT2D eigenvalue weighted by molar-refractivity contribution is 0.250. The number of carbonyl (C=O) groups is 2. The van der Waals surface area contributed by atoms with Gasteiger partial charge in [-0.1, -0.05) is 13.8 Å². The minimum absolute atomic E-state index is 0.00183. The Hall–Kier alpha value is -4.34. The summed E-state index contributed by atoms with van der Waals surface area (Å²) in [6.45, 7) is 7.86. The van der Waals surface area contributed by atoms with Crippen LogP contribution in [-0.2, 0) is 0 Å². The molecule has 0 aromatic carbocycles. The van der Waals surface area contributed by atoms with Crippen molar-refractivity contribution < 1.29 is 9.59 Å². The molecule has 4 aromatic rings. The highest BCUT2D eigenvalue weighted by atomic mass is 16.2. The van der Waals surface area contributed by atoms with Crippen molar-refractivity contribution in [3.63, 3.8) is 0 Å². The standard InChI is InChI=1S/C24H26N8O2/c1-13(2)17-9-5-15-6-10-18(27-21(15)26-17)31-24(34)32-20-12-8-16-7-11-19(28-22(16)29-20)30-23(33)25-14(3)4/h5-14H,1-4H3,(H4,25,26,27,28,29,30,31,32,33,34). The normalized spacial score (nSPS) is 11.1. The highest BCUT2D eigenvalue weighted by Crippen LogP contribution is 2.19. The van der Waals surface area contributed by atoms with E-state index in [1.54, 1.807) is 30.3 Å². The molecule has 0 saturated heterocycles. The first-order valence-electron chi connectivity index (χ1n) is 11.0. The molecule has 0 aliphatic heterocycles. The second kappa shape index (κ2) is 9.65. The molecule has 10 nitrogen and oxygen atoms in total. The maximum Gasteiger partial charge on any atom is 0.326 e. The van der Waals surface area contributed by atoms with E-state index in [1.807, 2.05) is 32.0 Å². The Bertz CT molecular complexity index is 1370. The van der Waals surface area contributed by atoms with Gasteiger partial charge in [0.05, 0.1) is 0 Å². The number of urea groups is 2. The Morgan fingerprint density at radius 3 is 1.53 bits per heavy atom. The summed E-state index contributed by atoms with van der Waals surface area (Å²) in [5, 5.41) is 12.5. The zero-order chi connectivity index (χ0) is 24.2. The molecule has 4 amide bonds. The van der Waals surface area contributed by atoms with Crippen molar-refractivity contribution in [2.75, 3.05) is 16.0 Å². The van der Waals surface area contributed by atoms with Crippen LogP contribution in [0.15, 0.2) is 48.5 Å². The van der Waals surface area contributed by atoms with Crippen LogP contribution in [0, 0.1) is 0 Å². The summed E-state index contributed by atoms with van der Waals surface area (Å²) in [5.41, 5.74) is 1.89. The molecular weight excluding hydrogens is 432 g/mol. The van der Waals surface area contributed by atoms with Crippen LogP contribution in [0.4, 0.5) is 27.0 Å². The molecular formula is C24H26N8O2. The van der Waals surface area contributed by atoms with Gasteiger partial charge in [0.1, 0.15) is 17.5 Å². The Labute approximate surface area is 196 Å². The molecule has 4 aromatic heterocycles. The Balaban J connectivity index is 1.47. The zero-order valence-electron chi connectivity index (χ0n) is 19.4. The topological polar surface area (TPSA) is 134 Å². The van der Waals surface area contributed by atoms with Crippen molar-refractivity contribution in [2.24, 2.45) is 0 Å². The third-order valence-electron chi connectivity index (χ3n) is 4.86. The van der Waals surface area contributed by atoms with E-state index < -0.39 is 6.03 Å². The molecule has 0 bridgehead atoms. The maximum absolute atomic E-state index is 12.5. The average Bonchev–Trinajstić information content (AvgIpc) is 2.77. The van der Waals surface area contributed by atoms with Crippen LogP contribution in [0.1, 0.15) is 39.3 Å². The fraction of sp³-hybridized carbons (Fsp3) is 0.250. The van der Waals surface area contributed by atoms with E-state index >= 15 is 0 Å². The summed E-state index contributed by atoms with van der Waals surface area (Å²) >= 11 is 0. The molecule has 34 heavy (non-hydrogen) atoms. The molecule has 10 heteroatoms. The van der Waals surface area contributed by atoms with Gasteiger partial charge < -0.3 is 5.32 Å². The second-order valence-electron chi connectivity index (χ2n) is 8.41. The highest BCUT2D eigenvalue weighted by Gasteiger charge is 2.10. The van der Waals surface area contributed by atoms with Crippen LogP contribution in [0.5, 0.6) is 0 Å². The predicted molar refractivity (Wildman–Crippen MR) is 133 cm³/mol. The van der Waals surface area contributed by atoms with Crippen LogP contribution < -0.4 is 21.3 Å². The molecule has 0 radical (unpaired) electrons. The Kier molecular flexibility index (Phi) is 6.48. The summed E-state index contributed by atoms with van der Waals surface area (Å²) in [4.78, 5) is 42.2.